The van der Waals surface area contributed by atoms with Crippen LogP contribution >= 0.6 is 0 Å². The molecule has 0 aromatic heterocycles. The topological polar surface area (TPSA) is 93.7 Å². The molecule has 0 fully saturated rings. The lowest BCUT2D eigenvalue weighted by atomic mass is 10.1. The van der Waals surface area contributed by atoms with Crippen molar-refractivity contribution in [2.24, 2.45) is 0 Å². The molecule has 0 heterocycles. The minimum absolute atomic E-state index is 0.548. The van der Waals surface area contributed by atoms with Gasteiger partial charge in [0.15, 0.2) is 6.17 Å². The Morgan fingerprint density at radius 2 is 1.48 bits per heavy atom. The van der Waals surface area contributed by atoms with E-state index in [4.69, 9.17) is 9.47 Å². The molecular weight excluding hydrogens is 307 g/mol. The summed E-state index contributed by atoms with van der Waals surface area (Å²) < 4.78 is 24.0. The lowest BCUT2D eigenvalue weighted by Crippen LogP contribution is -2.48. The van der Waals surface area contributed by atoms with Crippen LogP contribution in [0.5, 0.6) is 0 Å². The SMILES string of the molecule is CNC(=O)C(F)C[C@H](NC(=O)OC(C)(C)C)C(=O)OC(C)(C)C. The van der Waals surface area contributed by atoms with E-state index in [0.717, 1.165) is 0 Å². The molecule has 0 aliphatic rings. The number of alkyl carbamates (subject to hydrolysis) is 1. The summed E-state index contributed by atoms with van der Waals surface area (Å²) in [5.74, 6) is -1.72. The van der Waals surface area contributed by atoms with Crippen molar-refractivity contribution in [3.05, 3.63) is 0 Å². The van der Waals surface area contributed by atoms with Crippen LogP contribution in [-0.4, -0.2) is 48.4 Å². The van der Waals surface area contributed by atoms with Crippen LogP contribution in [0.4, 0.5) is 9.18 Å². The predicted molar refractivity (Wildman–Crippen MR) is 82.6 cm³/mol. The average Bonchev–Trinajstić information content (AvgIpc) is 2.32. The van der Waals surface area contributed by atoms with Gasteiger partial charge in [0.25, 0.3) is 5.91 Å². The van der Waals surface area contributed by atoms with E-state index in [-0.39, 0.29) is 0 Å². The molecule has 0 bridgehead atoms. The monoisotopic (exact) mass is 334 g/mol. The van der Waals surface area contributed by atoms with Gasteiger partial charge in [0.05, 0.1) is 0 Å². The van der Waals surface area contributed by atoms with Gasteiger partial charge in [-0.1, -0.05) is 0 Å². The third-order valence-corrected chi connectivity index (χ3v) is 2.36. The Hall–Kier alpha value is -1.86. The molecule has 1 unspecified atom stereocenters. The molecular formula is C15H27FN2O5. The van der Waals surface area contributed by atoms with Crippen LogP contribution in [0.25, 0.3) is 0 Å². The Kier molecular flexibility index (Phi) is 7.47. The van der Waals surface area contributed by atoms with E-state index in [9.17, 15) is 18.8 Å². The summed E-state index contributed by atoms with van der Waals surface area (Å²) in [6.07, 6.45) is -3.40. The smallest absolute Gasteiger partial charge is 0.408 e. The van der Waals surface area contributed by atoms with Gasteiger partial charge in [-0.3, -0.25) is 4.79 Å². The molecule has 2 atom stereocenters. The van der Waals surface area contributed by atoms with E-state index in [1.807, 2.05) is 0 Å². The molecule has 134 valence electrons. The summed E-state index contributed by atoms with van der Waals surface area (Å²) in [6, 6.07) is -1.34. The molecule has 0 aromatic carbocycles. The predicted octanol–water partition coefficient (Wildman–Crippen LogP) is 1.70. The van der Waals surface area contributed by atoms with Crippen LogP contribution in [0.3, 0.4) is 0 Å². The Balaban J connectivity index is 5.03. The van der Waals surface area contributed by atoms with Crippen LogP contribution < -0.4 is 10.6 Å². The second kappa shape index (κ2) is 8.12. The number of rotatable bonds is 5. The molecule has 0 saturated carbocycles. The lowest BCUT2D eigenvalue weighted by molar-refractivity contribution is -0.158. The summed E-state index contributed by atoms with van der Waals surface area (Å²) in [5.41, 5.74) is -1.59. The van der Waals surface area contributed by atoms with E-state index in [1.54, 1.807) is 41.5 Å². The van der Waals surface area contributed by atoms with Crippen LogP contribution in [0.15, 0.2) is 0 Å². The number of halogens is 1. The molecule has 0 aliphatic carbocycles. The van der Waals surface area contributed by atoms with Crippen LogP contribution in [-0.2, 0) is 19.1 Å². The first-order chi connectivity index (χ1) is 10.2. The maximum Gasteiger partial charge on any atom is 0.408 e. The van der Waals surface area contributed by atoms with Crippen molar-refractivity contribution in [3.63, 3.8) is 0 Å². The fraction of sp³-hybridized carbons (Fsp3) is 0.800. The number of amides is 2. The molecule has 0 aliphatic heterocycles. The molecule has 7 nitrogen and oxygen atoms in total. The zero-order valence-electron chi connectivity index (χ0n) is 14.8. The highest BCUT2D eigenvalue weighted by atomic mass is 19.1. The van der Waals surface area contributed by atoms with Gasteiger partial charge < -0.3 is 20.1 Å². The van der Waals surface area contributed by atoms with Crippen LogP contribution in [0, 0.1) is 0 Å². The molecule has 0 radical (unpaired) electrons. The van der Waals surface area contributed by atoms with Crippen molar-refractivity contribution in [2.75, 3.05) is 7.05 Å². The first-order valence-electron chi connectivity index (χ1n) is 7.33. The van der Waals surface area contributed by atoms with Crippen molar-refractivity contribution >= 4 is 18.0 Å². The Morgan fingerprint density at radius 3 is 1.87 bits per heavy atom. The Bertz CT molecular complexity index is 440. The molecule has 2 N–H and O–H groups in total. The second-order valence-corrected chi connectivity index (χ2v) is 7.05. The first-order valence-corrected chi connectivity index (χ1v) is 7.33. The summed E-state index contributed by atoms with van der Waals surface area (Å²) in [4.78, 5) is 35.2. The first kappa shape index (κ1) is 21.1. The quantitative estimate of drug-likeness (QED) is 0.746. The number of hydrogen-bond donors (Lipinski definition) is 2. The lowest BCUT2D eigenvalue weighted by Gasteiger charge is -2.26. The molecule has 0 rings (SSSR count). The number of esters is 1. The van der Waals surface area contributed by atoms with Crippen molar-refractivity contribution in [3.8, 4) is 0 Å². The number of carbonyl (C=O) groups excluding carboxylic acids is 3. The van der Waals surface area contributed by atoms with E-state index in [1.165, 1.54) is 7.05 Å². The van der Waals surface area contributed by atoms with Crippen molar-refractivity contribution < 1.29 is 28.2 Å². The van der Waals surface area contributed by atoms with E-state index < -0.39 is 47.8 Å². The van der Waals surface area contributed by atoms with Gasteiger partial charge >= 0.3 is 12.1 Å². The summed E-state index contributed by atoms with van der Waals surface area (Å²) in [7, 11) is 1.28. The largest absolute Gasteiger partial charge is 0.458 e. The molecule has 23 heavy (non-hydrogen) atoms. The molecule has 0 saturated heterocycles. The highest BCUT2D eigenvalue weighted by Crippen LogP contribution is 2.13. The maximum absolute atomic E-state index is 13.8. The molecule has 8 heteroatoms. The zero-order valence-corrected chi connectivity index (χ0v) is 14.8. The highest BCUT2D eigenvalue weighted by molar-refractivity contribution is 5.84. The van der Waals surface area contributed by atoms with Gasteiger partial charge in [0.2, 0.25) is 0 Å². The Labute approximate surface area is 136 Å². The molecule has 0 spiro atoms. The number of carbonyl (C=O) groups is 3. The van der Waals surface area contributed by atoms with Gasteiger partial charge in [0, 0.05) is 13.5 Å². The fourth-order valence-electron chi connectivity index (χ4n) is 1.51. The summed E-state index contributed by atoms with van der Waals surface area (Å²) >= 11 is 0. The fourth-order valence-corrected chi connectivity index (χ4v) is 1.51. The van der Waals surface area contributed by atoms with Gasteiger partial charge in [-0.05, 0) is 41.5 Å². The minimum Gasteiger partial charge on any atom is -0.458 e. The van der Waals surface area contributed by atoms with Gasteiger partial charge in [0.1, 0.15) is 17.2 Å². The number of ether oxygens (including phenoxy) is 2. The van der Waals surface area contributed by atoms with Gasteiger partial charge in [-0.25, -0.2) is 14.0 Å². The number of hydrogen-bond acceptors (Lipinski definition) is 5. The zero-order chi connectivity index (χ0) is 18.4. The Morgan fingerprint density at radius 1 is 1.00 bits per heavy atom. The standard InChI is InChI=1S/C15H27FN2O5/c1-14(2,3)22-12(20)10(8-9(16)11(19)17-7)18-13(21)23-15(4,5)6/h9-10H,8H2,1-7H3,(H,17,19)(H,18,21)/t9?,10-/m0/s1. The summed E-state index contributed by atoms with van der Waals surface area (Å²) in [5, 5.41) is 4.39. The molecule has 2 amide bonds. The third kappa shape index (κ3) is 9.70. The van der Waals surface area contributed by atoms with Crippen LogP contribution in [0.1, 0.15) is 48.0 Å². The maximum atomic E-state index is 13.8. The van der Waals surface area contributed by atoms with Crippen molar-refractivity contribution in [1.29, 1.82) is 0 Å². The average molecular weight is 334 g/mol. The number of nitrogens with one attached hydrogen (secondary N) is 2. The van der Waals surface area contributed by atoms with E-state index in [0.29, 0.717) is 0 Å². The summed E-state index contributed by atoms with van der Waals surface area (Å²) in [6.45, 7) is 9.87. The van der Waals surface area contributed by atoms with E-state index >= 15 is 0 Å². The van der Waals surface area contributed by atoms with E-state index in [2.05, 4.69) is 10.6 Å². The minimum atomic E-state index is -1.97. The van der Waals surface area contributed by atoms with Crippen LogP contribution in [0.2, 0.25) is 0 Å². The molecule has 0 aromatic rings. The van der Waals surface area contributed by atoms with Crippen molar-refractivity contribution in [2.45, 2.75) is 71.4 Å². The van der Waals surface area contributed by atoms with Gasteiger partial charge in [-0.15, -0.1) is 0 Å². The second-order valence-electron chi connectivity index (χ2n) is 7.05. The van der Waals surface area contributed by atoms with Crippen molar-refractivity contribution in [1.82, 2.24) is 10.6 Å². The number of alkyl halides is 1. The highest BCUT2D eigenvalue weighted by Gasteiger charge is 2.32. The third-order valence-electron chi connectivity index (χ3n) is 2.36. The normalized spacial score (nSPS) is 14.4. The van der Waals surface area contributed by atoms with Gasteiger partial charge in [-0.2, -0.15) is 0 Å².